The van der Waals surface area contributed by atoms with Crippen molar-refractivity contribution in [2.45, 2.75) is 53.4 Å². The smallest absolute Gasteiger partial charge is 0.657 e. The fourth-order valence-corrected chi connectivity index (χ4v) is 5.01. The molecule has 0 fully saturated rings. The molecule has 3 aromatic rings. The Labute approximate surface area is 227 Å². The van der Waals surface area contributed by atoms with Crippen LogP contribution >= 0.6 is 0 Å². The van der Waals surface area contributed by atoms with Crippen molar-refractivity contribution in [1.82, 2.24) is 19.9 Å². The van der Waals surface area contributed by atoms with Gasteiger partial charge in [0.25, 0.3) is 0 Å². The fraction of sp³-hybridized carbons (Fsp3) is 0.333. The second-order valence-electron chi connectivity index (χ2n) is 9.70. The molecule has 2 N–H and O–H groups in total. The van der Waals surface area contributed by atoms with Gasteiger partial charge in [-0.3, -0.25) is 0 Å². The van der Waals surface area contributed by atoms with Gasteiger partial charge in [-0.2, -0.15) is 0 Å². The van der Waals surface area contributed by atoms with Gasteiger partial charge in [0, 0.05) is 13.2 Å². The summed E-state index contributed by atoms with van der Waals surface area (Å²) in [6.07, 6.45) is 7.00. The minimum Gasteiger partial charge on any atom is -0.657 e. The average Bonchev–Trinajstić information content (AvgIpc) is 3.53. The summed E-state index contributed by atoms with van der Waals surface area (Å²) in [6, 6.07) is 8.19. The van der Waals surface area contributed by atoms with Crippen LogP contribution in [0.25, 0.3) is 45.4 Å². The van der Waals surface area contributed by atoms with E-state index in [4.69, 9.17) is 19.9 Å². The van der Waals surface area contributed by atoms with Crippen molar-refractivity contribution in [3.05, 3.63) is 69.3 Å². The zero-order valence-electron chi connectivity index (χ0n) is 21.7. The molecule has 5 rings (SSSR count). The van der Waals surface area contributed by atoms with Gasteiger partial charge in [-0.25, -0.2) is 9.97 Å². The van der Waals surface area contributed by atoms with Gasteiger partial charge in [0.05, 0.1) is 22.8 Å². The van der Waals surface area contributed by atoms with Gasteiger partial charge >= 0.3 is 16.5 Å². The van der Waals surface area contributed by atoms with Gasteiger partial charge in [0.15, 0.2) is 0 Å². The van der Waals surface area contributed by atoms with Crippen LogP contribution in [0.2, 0.25) is 0 Å². The minimum atomic E-state index is 0. The molecule has 0 unspecified atom stereocenters. The summed E-state index contributed by atoms with van der Waals surface area (Å²) in [5.74, 6) is 0. The van der Waals surface area contributed by atoms with E-state index in [1.54, 1.807) is 0 Å². The molecular formula is C30H32N4NiO2. The SMILES string of the molecule is CC1=Cc2cc3[n-]c(cc4[n-]c(cc5nc(cc1n2)C=C5C)c(C)c4CCCO)c(CCCO)c3C.[Ni+2]. The number of aliphatic hydroxyl groups excluding tert-OH is 2. The number of allylic oxidation sites excluding steroid dienone is 2. The molecule has 37 heavy (non-hydrogen) atoms. The molecular weight excluding hydrogens is 507 g/mol. The topological polar surface area (TPSA) is 94.4 Å². The molecule has 5 heterocycles. The fourth-order valence-electron chi connectivity index (χ4n) is 5.01. The largest absolute Gasteiger partial charge is 2.00 e. The Kier molecular flexibility index (Phi) is 8.18. The quantitative estimate of drug-likeness (QED) is 0.421. The Morgan fingerprint density at radius 3 is 1.59 bits per heavy atom. The maximum atomic E-state index is 9.51. The van der Waals surface area contributed by atoms with Crippen molar-refractivity contribution < 1.29 is 26.7 Å². The molecule has 0 atom stereocenters. The summed E-state index contributed by atoms with van der Waals surface area (Å²) in [4.78, 5) is 19.8. The maximum absolute atomic E-state index is 9.51. The normalized spacial score (nSPS) is 12.8. The molecule has 0 spiro atoms. The number of hydrogen-bond acceptors (Lipinski definition) is 4. The van der Waals surface area contributed by atoms with Gasteiger partial charge < -0.3 is 20.2 Å². The summed E-state index contributed by atoms with van der Waals surface area (Å²) in [6.45, 7) is 8.58. The van der Waals surface area contributed by atoms with E-state index in [0.29, 0.717) is 12.8 Å². The van der Waals surface area contributed by atoms with Crippen molar-refractivity contribution in [2.24, 2.45) is 0 Å². The molecule has 2 aliphatic heterocycles. The number of nitrogens with zero attached hydrogens (tertiary/aromatic N) is 4. The average molecular weight is 539 g/mol. The molecule has 0 aliphatic carbocycles. The van der Waals surface area contributed by atoms with Crippen molar-refractivity contribution in [1.29, 1.82) is 0 Å². The van der Waals surface area contributed by atoms with Crippen molar-refractivity contribution in [3.8, 4) is 0 Å². The summed E-state index contributed by atoms with van der Waals surface area (Å²) in [7, 11) is 0. The van der Waals surface area contributed by atoms with E-state index in [9.17, 15) is 10.2 Å². The molecule has 6 nitrogen and oxygen atoms in total. The van der Waals surface area contributed by atoms with E-state index < -0.39 is 0 Å². The molecule has 194 valence electrons. The molecule has 0 radical (unpaired) electrons. The Hall–Kier alpha value is -2.99. The summed E-state index contributed by atoms with van der Waals surface area (Å²) in [5, 5.41) is 19.0. The number of rotatable bonds is 6. The van der Waals surface area contributed by atoms with E-state index >= 15 is 0 Å². The van der Waals surface area contributed by atoms with Gasteiger partial charge in [-0.1, -0.05) is 40.5 Å². The first kappa shape index (κ1) is 27.1. The predicted octanol–water partition coefficient (Wildman–Crippen LogP) is 5.16. The third-order valence-electron chi connectivity index (χ3n) is 7.10. The Bertz CT molecular complexity index is 1560. The minimum absolute atomic E-state index is 0. The Morgan fingerprint density at radius 2 is 1.08 bits per heavy atom. The van der Waals surface area contributed by atoms with Crippen LogP contribution in [0.3, 0.4) is 0 Å². The first-order valence-electron chi connectivity index (χ1n) is 12.6. The summed E-state index contributed by atoms with van der Waals surface area (Å²) >= 11 is 0. The molecule has 0 saturated carbocycles. The van der Waals surface area contributed by atoms with Gasteiger partial charge in [0.2, 0.25) is 0 Å². The van der Waals surface area contributed by atoms with Crippen LogP contribution in [0.5, 0.6) is 0 Å². The second kappa shape index (κ2) is 11.2. The molecule has 7 heteroatoms. The number of aliphatic hydroxyl groups is 2. The van der Waals surface area contributed by atoms with Crippen molar-refractivity contribution >= 4 is 45.4 Å². The monoisotopic (exact) mass is 538 g/mol. The maximum Gasteiger partial charge on any atom is 2.00 e. The molecule has 2 aliphatic rings. The van der Waals surface area contributed by atoms with Crippen LogP contribution in [-0.2, 0) is 29.3 Å². The number of aromatic nitrogens is 4. The molecule has 3 aromatic heterocycles. The predicted molar refractivity (Wildman–Crippen MR) is 146 cm³/mol. The first-order valence-corrected chi connectivity index (χ1v) is 12.6. The van der Waals surface area contributed by atoms with Crippen molar-refractivity contribution in [3.63, 3.8) is 0 Å². The van der Waals surface area contributed by atoms with Crippen molar-refractivity contribution in [2.75, 3.05) is 13.2 Å². The zero-order chi connectivity index (χ0) is 25.4. The second-order valence-corrected chi connectivity index (χ2v) is 9.70. The standard InChI is InChI=1S/C30H32N4O2.Ni/c1-17-11-22-14-27-19(3)23(7-5-9-35)29(33-27)16-30-24(8-6-10-36)20(4)28(34-30)15-26-18(2)12-21(32-26)13-25(17)31-22;/h11-16,35-36H,5-10H2,1-4H3;/q-2;+2. The van der Waals surface area contributed by atoms with Crippen LogP contribution in [0.15, 0.2) is 24.3 Å². The van der Waals surface area contributed by atoms with Crippen LogP contribution in [0, 0.1) is 13.8 Å². The summed E-state index contributed by atoms with van der Waals surface area (Å²) in [5.41, 5.74) is 13.8. The van der Waals surface area contributed by atoms with Crippen LogP contribution < -0.4 is 9.97 Å². The van der Waals surface area contributed by atoms with E-state index in [2.05, 4.69) is 52.0 Å². The van der Waals surface area contributed by atoms with E-state index in [-0.39, 0.29) is 29.7 Å². The third kappa shape index (κ3) is 5.35. The number of fused-ring (bicyclic) bond motifs is 8. The number of aryl methyl sites for hydroxylation is 4. The van der Waals surface area contributed by atoms with Crippen LogP contribution in [-0.4, -0.2) is 33.4 Å². The molecule has 0 amide bonds. The molecule has 0 aromatic carbocycles. The van der Waals surface area contributed by atoms with Crippen LogP contribution in [0.1, 0.15) is 71.7 Å². The van der Waals surface area contributed by atoms with E-state index in [1.807, 2.05) is 12.1 Å². The van der Waals surface area contributed by atoms with E-state index in [0.717, 1.165) is 91.1 Å². The Balaban J connectivity index is 0.00000320. The molecule has 0 saturated heterocycles. The van der Waals surface area contributed by atoms with E-state index in [1.165, 1.54) is 0 Å². The third-order valence-corrected chi connectivity index (χ3v) is 7.10. The molecule has 8 bridgehead atoms. The number of hydrogen-bond donors (Lipinski definition) is 2. The zero-order valence-corrected chi connectivity index (χ0v) is 22.7. The van der Waals surface area contributed by atoms with Gasteiger partial charge in [-0.05, 0) is 82.7 Å². The van der Waals surface area contributed by atoms with Crippen LogP contribution in [0.4, 0.5) is 0 Å². The summed E-state index contributed by atoms with van der Waals surface area (Å²) < 4.78 is 0. The van der Waals surface area contributed by atoms with Gasteiger partial charge in [0.1, 0.15) is 0 Å². The first-order chi connectivity index (χ1) is 17.4. The Morgan fingerprint density at radius 1 is 0.622 bits per heavy atom. The van der Waals surface area contributed by atoms with Gasteiger partial charge in [-0.15, -0.1) is 22.1 Å².